The summed E-state index contributed by atoms with van der Waals surface area (Å²) in [5.74, 6) is 0. The van der Waals surface area contributed by atoms with E-state index in [-0.39, 0.29) is 6.61 Å². The first kappa shape index (κ1) is 17.7. The van der Waals surface area contributed by atoms with Gasteiger partial charge in [0.05, 0.1) is 16.1 Å². The maximum atomic E-state index is 10.3. The van der Waals surface area contributed by atoms with Crippen molar-refractivity contribution >= 4 is 23.2 Å². The normalized spacial score (nSPS) is 13.2. The molecule has 1 atom stereocenters. The summed E-state index contributed by atoms with van der Waals surface area (Å²) in [5, 5.41) is 20.1. The smallest absolute Gasteiger partial charge is 0.0817 e. The average molecular weight is 320 g/mol. The second-order valence-electron chi connectivity index (χ2n) is 5.15. The van der Waals surface area contributed by atoms with Crippen LogP contribution in [0.5, 0.6) is 0 Å². The van der Waals surface area contributed by atoms with Crippen LogP contribution in [0.1, 0.15) is 38.4 Å². The van der Waals surface area contributed by atoms with E-state index >= 15 is 0 Å². The van der Waals surface area contributed by atoms with Crippen LogP contribution in [-0.4, -0.2) is 40.9 Å². The summed E-state index contributed by atoms with van der Waals surface area (Å²) in [4.78, 5) is 2.23. The Morgan fingerprint density at radius 2 is 1.90 bits per heavy atom. The van der Waals surface area contributed by atoms with Gasteiger partial charge in [0.1, 0.15) is 0 Å². The van der Waals surface area contributed by atoms with Crippen molar-refractivity contribution in [3.63, 3.8) is 0 Å². The number of hydrogen-bond acceptors (Lipinski definition) is 3. The Kier molecular flexibility index (Phi) is 7.85. The largest absolute Gasteiger partial charge is 0.396 e. The molecule has 1 aromatic rings. The molecule has 0 saturated heterocycles. The molecular weight excluding hydrogens is 297 g/mol. The Morgan fingerprint density at radius 1 is 1.20 bits per heavy atom. The summed E-state index contributed by atoms with van der Waals surface area (Å²) in [5.41, 5.74) is 0.671. The van der Waals surface area contributed by atoms with Crippen molar-refractivity contribution in [3.05, 3.63) is 33.8 Å². The van der Waals surface area contributed by atoms with Crippen LogP contribution in [0, 0.1) is 0 Å². The quantitative estimate of drug-likeness (QED) is 0.770. The Labute approximate surface area is 131 Å². The van der Waals surface area contributed by atoms with Gasteiger partial charge in [0.2, 0.25) is 0 Å². The topological polar surface area (TPSA) is 43.7 Å². The van der Waals surface area contributed by atoms with E-state index in [0.717, 1.165) is 19.5 Å². The van der Waals surface area contributed by atoms with Gasteiger partial charge in [-0.15, -0.1) is 0 Å². The molecule has 20 heavy (non-hydrogen) atoms. The highest BCUT2D eigenvalue weighted by molar-refractivity contribution is 6.42. The molecule has 114 valence electrons. The molecule has 1 rings (SSSR count). The Morgan fingerprint density at radius 3 is 2.50 bits per heavy atom. The van der Waals surface area contributed by atoms with Gasteiger partial charge >= 0.3 is 0 Å². The summed E-state index contributed by atoms with van der Waals surface area (Å²) in [6.45, 7) is 5.98. The third-order valence-electron chi connectivity index (χ3n) is 3.36. The van der Waals surface area contributed by atoms with E-state index in [1.807, 2.05) is 0 Å². The Hall–Kier alpha value is -0.320. The highest BCUT2D eigenvalue weighted by Gasteiger charge is 2.16. The zero-order valence-corrected chi connectivity index (χ0v) is 13.5. The summed E-state index contributed by atoms with van der Waals surface area (Å²) >= 11 is 12.1. The van der Waals surface area contributed by atoms with Crippen molar-refractivity contribution < 1.29 is 10.2 Å². The lowest BCUT2D eigenvalue weighted by atomic mass is 10.1. The fourth-order valence-electron chi connectivity index (χ4n) is 2.12. The van der Waals surface area contributed by atoms with E-state index in [0.29, 0.717) is 28.1 Å². The molecular formula is C15H23Cl2NO2. The van der Waals surface area contributed by atoms with E-state index in [9.17, 15) is 5.11 Å². The van der Waals surface area contributed by atoms with Gasteiger partial charge in [-0.1, -0.05) is 35.3 Å². The van der Waals surface area contributed by atoms with Gasteiger partial charge in [-0.2, -0.15) is 0 Å². The fourth-order valence-corrected chi connectivity index (χ4v) is 2.56. The van der Waals surface area contributed by atoms with Crippen LogP contribution >= 0.6 is 23.2 Å². The van der Waals surface area contributed by atoms with Gasteiger partial charge in [-0.05, 0) is 32.8 Å². The van der Waals surface area contributed by atoms with Crippen LogP contribution in [0.2, 0.25) is 10.0 Å². The van der Waals surface area contributed by atoms with Crippen molar-refractivity contribution in [1.29, 1.82) is 0 Å². The number of benzene rings is 1. The van der Waals surface area contributed by atoms with E-state index in [4.69, 9.17) is 28.3 Å². The molecule has 1 aromatic carbocycles. The molecule has 2 N–H and O–H groups in total. The summed E-state index contributed by atoms with van der Waals surface area (Å²) in [6.07, 6.45) is 0.701. The molecule has 5 heteroatoms. The first-order chi connectivity index (χ1) is 9.47. The maximum absolute atomic E-state index is 10.3. The van der Waals surface area contributed by atoms with Gasteiger partial charge in [-0.25, -0.2) is 0 Å². The number of hydrogen-bond donors (Lipinski definition) is 2. The average Bonchev–Trinajstić information content (AvgIpc) is 2.41. The van der Waals surface area contributed by atoms with E-state index in [2.05, 4.69) is 18.7 Å². The van der Waals surface area contributed by atoms with E-state index in [1.165, 1.54) is 0 Å². The number of halogens is 2. The SMILES string of the molecule is CC(C)N(CCCO)CCC(O)c1cccc(Cl)c1Cl. The summed E-state index contributed by atoms with van der Waals surface area (Å²) in [7, 11) is 0. The molecule has 0 aliphatic heterocycles. The lowest BCUT2D eigenvalue weighted by molar-refractivity contribution is 0.125. The van der Waals surface area contributed by atoms with Gasteiger partial charge < -0.3 is 15.1 Å². The van der Waals surface area contributed by atoms with Crippen LogP contribution in [0.15, 0.2) is 18.2 Å². The fraction of sp³-hybridized carbons (Fsp3) is 0.600. The van der Waals surface area contributed by atoms with Gasteiger partial charge in [0.25, 0.3) is 0 Å². The van der Waals surface area contributed by atoms with Crippen molar-refractivity contribution in [2.24, 2.45) is 0 Å². The second kappa shape index (κ2) is 8.85. The minimum absolute atomic E-state index is 0.186. The monoisotopic (exact) mass is 319 g/mol. The molecule has 0 fully saturated rings. The van der Waals surface area contributed by atoms with Crippen LogP contribution < -0.4 is 0 Å². The van der Waals surface area contributed by atoms with Gasteiger partial charge in [0.15, 0.2) is 0 Å². The predicted octanol–water partition coefficient (Wildman–Crippen LogP) is 3.51. The molecule has 0 spiro atoms. The maximum Gasteiger partial charge on any atom is 0.0817 e. The third kappa shape index (κ3) is 5.23. The molecule has 0 amide bonds. The van der Waals surface area contributed by atoms with Crippen LogP contribution in [0.25, 0.3) is 0 Å². The summed E-state index contributed by atoms with van der Waals surface area (Å²) in [6, 6.07) is 5.68. The molecule has 0 aliphatic rings. The number of nitrogens with zero attached hydrogens (tertiary/aromatic N) is 1. The zero-order chi connectivity index (χ0) is 15.1. The molecule has 1 unspecified atom stereocenters. The zero-order valence-electron chi connectivity index (χ0n) is 12.0. The number of rotatable bonds is 8. The van der Waals surface area contributed by atoms with Crippen LogP contribution in [0.4, 0.5) is 0 Å². The molecule has 0 aliphatic carbocycles. The lowest BCUT2D eigenvalue weighted by Gasteiger charge is -2.27. The van der Waals surface area contributed by atoms with E-state index < -0.39 is 6.10 Å². The number of aliphatic hydroxyl groups is 2. The van der Waals surface area contributed by atoms with Gasteiger partial charge in [-0.3, -0.25) is 0 Å². The lowest BCUT2D eigenvalue weighted by Crippen LogP contribution is -2.34. The molecule has 0 heterocycles. The van der Waals surface area contributed by atoms with Crippen molar-refractivity contribution in [2.45, 2.75) is 38.8 Å². The van der Waals surface area contributed by atoms with Crippen molar-refractivity contribution in [3.8, 4) is 0 Å². The van der Waals surface area contributed by atoms with Crippen molar-refractivity contribution in [1.82, 2.24) is 4.90 Å². The van der Waals surface area contributed by atoms with Crippen LogP contribution in [-0.2, 0) is 0 Å². The molecule has 0 bridgehead atoms. The predicted molar refractivity (Wildman–Crippen MR) is 84.5 cm³/mol. The minimum Gasteiger partial charge on any atom is -0.396 e. The molecule has 0 radical (unpaired) electrons. The number of aliphatic hydroxyl groups excluding tert-OH is 2. The minimum atomic E-state index is -0.628. The van der Waals surface area contributed by atoms with E-state index in [1.54, 1.807) is 18.2 Å². The Bertz CT molecular complexity index is 413. The third-order valence-corrected chi connectivity index (χ3v) is 4.20. The standard InChI is InChI=1S/C15H23Cl2NO2/c1-11(2)18(8-4-10-19)9-7-14(20)12-5-3-6-13(16)15(12)17/h3,5-6,11,14,19-20H,4,7-10H2,1-2H3. The Balaban J connectivity index is 2.60. The molecule has 0 aromatic heterocycles. The summed E-state index contributed by atoms with van der Waals surface area (Å²) < 4.78 is 0. The second-order valence-corrected chi connectivity index (χ2v) is 5.94. The van der Waals surface area contributed by atoms with Crippen LogP contribution in [0.3, 0.4) is 0 Å². The highest BCUT2D eigenvalue weighted by atomic mass is 35.5. The first-order valence-corrected chi connectivity index (χ1v) is 7.69. The molecule has 3 nitrogen and oxygen atoms in total. The molecule has 0 saturated carbocycles. The first-order valence-electron chi connectivity index (χ1n) is 6.94. The van der Waals surface area contributed by atoms with Crippen molar-refractivity contribution in [2.75, 3.05) is 19.7 Å². The highest BCUT2D eigenvalue weighted by Crippen LogP contribution is 2.31. The van der Waals surface area contributed by atoms with Gasteiger partial charge in [0, 0.05) is 31.3 Å².